The molecule has 0 aliphatic heterocycles. The molecule has 0 saturated heterocycles. The molecular weight excluding hydrogens is 793 g/mol. The summed E-state index contributed by atoms with van der Waals surface area (Å²) in [6.07, 6.45) is 69.4. The molecule has 0 aromatic rings. The monoisotopic (exact) mass is 887 g/mol. The first-order valence-electron chi connectivity index (χ1n) is 25.9. The molecule has 0 radical (unpaired) electrons. The molecule has 0 aliphatic rings. The Morgan fingerprint density at radius 1 is 0.328 bits per heavy atom. The van der Waals surface area contributed by atoms with E-state index in [-0.39, 0.29) is 37.5 Å². The van der Waals surface area contributed by atoms with Gasteiger partial charge in [0.05, 0.1) is 0 Å². The Morgan fingerprint density at radius 2 is 0.672 bits per heavy atom. The highest BCUT2D eigenvalue weighted by Crippen LogP contribution is 2.13. The highest BCUT2D eigenvalue weighted by atomic mass is 16.6. The van der Waals surface area contributed by atoms with Gasteiger partial charge in [0.25, 0.3) is 0 Å². The fourth-order valence-corrected chi connectivity index (χ4v) is 6.62. The van der Waals surface area contributed by atoms with Crippen molar-refractivity contribution in [3.05, 3.63) is 109 Å². The van der Waals surface area contributed by atoms with Crippen molar-refractivity contribution in [3.8, 4) is 0 Å². The summed E-state index contributed by atoms with van der Waals surface area (Å²) in [4.78, 5) is 37.9. The molecule has 0 spiro atoms. The summed E-state index contributed by atoms with van der Waals surface area (Å²) in [5, 5.41) is 0. The van der Waals surface area contributed by atoms with Crippen molar-refractivity contribution in [3.63, 3.8) is 0 Å². The van der Waals surface area contributed by atoms with E-state index in [1.54, 1.807) is 0 Å². The molecule has 0 rings (SSSR count). The highest BCUT2D eigenvalue weighted by molar-refractivity contribution is 5.71. The number of hydrogen-bond acceptors (Lipinski definition) is 6. The minimum Gasteiger partial charge on any atom is -0.462 e. The van der Waals surface area contributed by atoms with Crippen molar-refractivity contribution in [2.24, 2.45) is 0 Å². The third kappa shape index (κ3) is 49.1. The smallest absolute Gasteiger partial charge is 0.306 e. The molecule has 1 unspecified atom stereocenters. The van der Waals surface area contributed by atoms with Gasteiger partial charge in [0.2, 0.25) is 0 Å². The van der Waals surface area contributed by atoms with Gasteiger partial charge in [-0.1, -0.05) is 201 Å². The van der Waals surface area contributed by atoms with Crippen molar-refractivity contribution in [2.75, 3.05) is 13.2 Å². The van der Waals surface area contributed by atoms with Crippen LogP contribution in [0.2, 0.25) is 0 Å². The van der Waals surface area contributed by atoms with Crippen LogP contribution in [0.1, 0.15) is 220 Å². The zero-order valence-corrected chi connectivity index (χ0v) is 41.3. The number of unbranched alkanes of at least 4 members (excludes halogenated alkanes) is 16. The molecular formula is C58H94O6. The molecule has 64 heavy (non-hydrogen) atoms. The van der Waals surface area contributed by atoms with Gasteiger partial charge in [-0.05, 0) is 109 Å². The van der Waals surface area contributed by atoms with E-state index in [1.165, 1.54) is 64.2 Å². The topological polar surface area (TPSA) is 78.9 Å². The van der Waals surface area contributed by atoms with Gasteiger partial charge in [-0.3, -0.25) is 14.4 Å². The average molecular weight is 887 g/mol. The Labute approximate surface area is 393 Å². The van der Waals surface area contributed by atoms with E-state index in [0.717, 1.165) is 109 Å². The molecule has 0 N–H and O–H groups in total. The van der Waals surface area contributed by atoms with Crippen LogP contribution in [-0.4, -0.2) is 37.2 Å². The number of allylic oxidation sites excluding steroid dienone is 18. The second kappa shape index (κ2) is 51.7. The van der Waals surface area contributed by atoms with Crippen LogP contribution in [0.4, 0.5) is 0 Å². The number of carbonyl (C=O) groups excluding carboxylic acids is 3. The van der Waals surface area contributed by atoms with Gasteiger partial charge in [0.1, 0.15) is 13.2 Å². The molecule has 0 aliphatic carbocycles. The molecule has 6 nitrogen and oxygen atoms in total. The summed E-state index contributed by atoms with van der Waals surface area (Å²) in [6.45, 7) is 6.34. The normalized spacial score (nSPS) is 13.0. The Morgan fingerprint density at radius 3 is 1.12 bits per heavy atom. The van der Waals surface area contributed by atoms with Gasteiger partial charge in [-0.25, -0.2) is 0 Å². The fraction of sp³-hybridized carbons (Fsp3) is 0.638. The van der Waals surface area contributed by atoms with Crippen molar-refractivity contribution >= 4 is 17.9 Å². The summed E-state index contributed by atoms with van der Waals surface area (Å²) in [7, 11) is 0. The quantitative estimate of drug-likeness (QED) is 0.0262. The van der Waals surface area contributed by atoms with E-state index in [9.17, 15) is 14.4 Å². The van der Waals surface area contributed by atoms with Crippen molar-refractivity contribution in [2.45, 2.75) is 226 Å². The second-order valence-corrected chi connectivity index (χ2v) is 16.7. The van der Waals surface area contributed by atoms with Crippen LogP contribution >= 0.6 is 0 Å². The lowest BCUT2D eigenvalue weighted by Crippen LogP contribution is -2.30. The highest BCUT2D eigenvalue weighted by Gasteiger charge is 2.19. The van der Waals surface area contributed by atoms with Crippen LogP contribution in [0.3, 0.4) is 0 Å². The minimum atomic E-state index is -0.817. The molecule has 0 fully saturated rings. The Hall–Kier alpha value is -3.93. The van der Waals surface area contributed by atoms with Gasteiger partial charge in [0.15, 0.2) is 6.10 Å². The van der Waals surface area contributed by atoms with Gasteiger partial charge in [-0.15, -0.1) is 0 Å². The van der Waals surface area contributed by atoms with Crippen molar-refractivity contribution in [1.82, 2.24) is 0 Å². The second-order valence-electron chi connectivity index (χ2n) is 16.7. The van der Waals surface area contributed by atoms with Crippen LogP contribution in [0.15, 0.2) is 109 Å². The lowest BCUT2D eigenvalue weighted by atomic mass is 10.1. The number of ether oxygens (including phenoxy) is 3. The first kappa shape index (κ1) is 60.1. The van der Waals surface area contributed by atoms with Gasteiger partial charge in [-0.2, -0.15) is 0 Å². The van der Waals surface area contributed by atoms with E-state index in [4.69, 9.17) is 14.2 Å². The van der Waals surface area contributed by atoms with Gasteiger partial charge in [0, 0.05) is 19.3 Å². The molecule has 0 saturated carbocycles. The molecule has 362 valence electrons. The summed E-state index contributed by atoms with van der Waals surface area (Å²) < 4.78 is 16.7. The van der Waals surface area contributed by atoms with Crippen LogP contribution < -0.4 is 0 Å². The molecule has 6 heteroatoms. The van der Waals surface area contributed by atoms with Gasteiger partial charge < -0.3 is 14.2 Å². The maximum absolute atomic E-state index is 12.8. The van der Waals surface area contributed by atoms with Crippen molar-refractivity contribution < 1.29 is 28.6 Å². The average Bonchev–Trinajstić information content (AvgIpc) is 3.29. The third-order valence-corrected chi connectivity index (χ3v) is 10.5. The number of esters is 3. The first-order chi connectivity index (χ1) is 31.5. The zero-order chi connectivity index (χ0) is 46.5. The summed E-state index contributed by atoms with van der Waals surface area (Å²) >= 11 is 0. The molecule has 0 aromatic carbocycles. The molecule has 0 aromatic heterocycles. The predicted molar refractivity (Wildman–Crippen MR) is 274 cm³/mol. The minimum absolute atomic E-state index is 0.111. The van der Waals surface area contributed by atoms with E-state index >= 15 is 0 Å². The lowest BCUT2D eigenvalue weighted by Gasteiger charge is -2.18. The van der Waals surface area contributed by atoms with Crippen molar-refractivity contribution in [1.29, 1.82) is 0 Å². The van der Waals surface area contributed by atoms with E-state index in [0.29, 0.717) is 19.3 Å². The van der Waals surface area contributed by atoms with E-state index < -0.39 is 6.10 Å². The Kier molecular flexibility index (Phi) is 48.5. The standard InChI is InChI=1S/C58H94O6/c1-4-7-10-13-16-19-22-24-26-28-29-31-32-34-36-39-42-45-48-51-57(60)63-54-55(53-62-56(59)50-47-44-41-38-21-18-15-12-9-6-3)64-58(61)52-49-46-43-40-37-35-33-30-27-25-23-20-17-14-11-8-5-2/h7,10,12,15-17,19-20,24-27,29,31,34,36,42,45,55H,4-6,8-9,11,13-14,18,21-23,28,30,32-33,35,37-41,43-44,46-54H2,1-3H3/b10-7-,15-12-,19-16-,20-17-,26-24-,27-25-,31-29-,36-34-,45-42-. The number of hydrogen-bond donors (Lipinski definition) is 0. The Bertz CT molecular complexity index is 1340. The van der Waals surface area contributed by atoms with Crippen LogP contribution in [0.5, 0.6) is 0 Å². The maximum atomic E-state index is 12.8. The zero-order valence-electron chi connectivity index (χ0n) is 41.3. The molecule has 0 amide bonds. The SMILES string of the molecule is CC/C=C\C/C=C\C/C=C\C/C=C\C/C=C\C/C=C\CCC(=O)OCC(COC(=O)CCCCCCC/C=C\CCC)OC(=O)CCCCCCCCC/C=C\C/C=C\CCCCC. The maximum Gasteiger partial charge on any atom is 0.306 e. The predicted octanol–water partition coefficient (Wildman–Crippen LogP) is 17.1. The summed E-state index contributed by atoms with van der Waals surface area (Å²) in [5.74, 6) is -1.02. The van der Waals surface area contributed by atoms with E-state index in [2.05, 4.69) is 118 Å². The molecule has 0 heterocycles. The first-order valence-corrected chi connectivity index (χ1v) is 25.9. The summed E-state index contributed by atoms with van der Waals surface area (Å²) in [6, 6.07) is 0. The largest absolute Gasteiger partial charge is 0.462 e. The van der Waals surface area contributed by atoms with Crippen LogP contribution in [0, 0.1) is 0 Å². The third-order valence-electron chi connectivity index (χ3n) is 10.5. The number of rotatable bonds is 45. The Balaban J connectivity index is 4.50. The molecule has 1 atom stereocenters. The number of carbonyl (C=O) groups is 3. The van der Waals surface area contributed by atoms with E-state index in [1.807, 2.05) is 12.2 Å². The fourth-order valence-electron chi connectivity index (χ4n) is 6.62. The molecule has 0 bridgehead atoms. The lowest BCUT2D eigenvalue weighted by molar-refractivity contribution is -0.166. The van der Waals surface area contributed by atoms with Gasteiger partial charge >= 0.3 is 17.9 Å². The van der Waals surface area contributed by atoms with Crippen LogP contribution in [-0.2, 0) is 28.6 Å². The van der Waals surface area contributed by atoms with Crippen LogP contribution in [0.25, 0.3) is 0 Å². The summed E-state index contributed by atoms with van der Waals surface area (Å²) in [5.41, 5.74) is 0.